The summed E-state index contributed by atoms with van der Waals surface area (Å²) >= 11 is 0. The van der Waals surface area contributed by atoms with Gasteiger partial charge in [-0.1, -0.05) is 60.7 Å². The summed E-state index contributed by atoms with van der Waals surface area (Å²) in [4.78, 5) is 14.8. The van der Waals surface area contributed by atoms with E-state index in [4.69, 9.17) is 9.47 Å². The number of ether oxygens (including phenoxy) is 2. The van der Waals surface area contributed by atoms with Gasteiger partial charge in [-0.2, -0.15) is 0 Å². The number of benzene rings is 3. The van der Waals surface area contributed by atoms with E-state index in [1.54, 1.807) is 4.90 Å². The topological polar surface area (TPSA) is 84.9 Å². The predicted molar refractivity (Wildman–Crippen MR) is 126 cm³/mol. The van der Waals surface area contributed by atoms with Crippen LogP contribution in [0.4, 0.5) is 0 Å². The zero-order chi connectivity index (χ0) is 23.5. The summed E-state index contributed by atoms with van der Waals surface area (Å²) in [5.41, 5.74) is 2.05. The number of rotatable bonds is 12. The molecule has 0 radical (unpaired) electrons. The highest BCUT2D eigenvalue weighted by Gasteiger charge is 2.17. The van der Waals surface area contributed by atoms with Gasteiger partial charge in [0, 0.05) is 26.7 Å². The van der Waals surface area contributed by atoms with E-state index >= 15 is 0 Å². The molecule has 0 aliphatic rings. The molecule has 0 saturated heterocycles. The third-order valence-electron chi connectivity index (χ3n) is 4.88. The minimum Gasteiger partial charge on any atom is -0.484 e. The third kappa shape index (κ3) is 7.71. The predicted octanol–water partition coefficient (Wildman–Crippen LogP) is 3.22. The standard InChI is InChI=1S/C25H28N2O5S/c1-31-17-16-26-33(29,30)24-14-12-23(13-15-24)32-20-25(28)27(18-21-8-4-2-5-9-21)19-22-10-6-3-7-11-22/h2-15,26H,16-20H2,1H3. The maximum Gasteiger partial charge on any atom is 0.261 e. The summed E-state index contributed by atoms with van der Waals surface area (Å²) in [6.07, 6.45) is 0. The molecule has 0 aromatic heterocycles. The van der Waals surface area contributed by atoms with E-state index in [2.05, 4.69) is 4.72 Å². The Morgan fingerprint density at radius 1 is 0.848 bits per heavy atom. The Kier molecular flexibility index (Phi) is 9.00. The van der Waals surface area contributed by atoms with Gasteiger partial charge in [0.25, 0.3) is 5.91 Å². The Bertz CT molecular complexity index is 1060. The number of carbonyl (C=O) groups is 1. The molecule has 1 amide bonds. The van der Waals surface area contributed by atoms with Gasteiger partial charge in [-0.25, -0.2) is 13.1 Å². The van der Waals surface area contributed by atoms with Crippen molar-refractivity contribution in [3.05, 3.63) is 96.1 Å². The molecule has 0 bridgehead atoms. The Labute approximate surface area is 195 Å². The number of nitrogens with zero attached hydrogens (tertiary/aromatic N) is 1. The molecule has 8 heteroatoms. The second-order valence-corrected chi connectivity index (χ2v) is 9.14. The summed E-state index contributed by atoms with van der Waals surface area (Å²) in [7, 11) is -2.12. The molecule has 3 rings (SSSR count). The maximum absolute atomic E-state index is 13.0. The molecule has 3 aromatic carbocycles. The summed E-state index contributed by atoms with van der Waals surface area (Å²) in [6, 6.07) is 25.5. The van der Waals surface area contributed by atoms with E-state index in [0.717, 1.165) is 11.1 Å². The Morgan fingerprint density at radius 3 is 1.91 bits per heavy atom. The molecule has 0 heterocycles. The molecular weight excluding hydrogens is 440 g/mol. The van der Waals surface area contributed by atoms with Gasteiger partial charge in [-0.05, 0) is 35.4 Å². The third-order valence-corrected chi connectivity index (χ3v) is 6.36. The maximum atomic E-state index is 13.0. The van der Waals surface area contributed by atoms with Crippen LogP contribution in [0.25, 0.3) is 0 Å². The molecule has 1 N–H and O–H groups in total. The van der Waals surface area contributed by atoms with Crippen molar-refractivity contribution in [3.8, 4) is 5.75 Å². The van der Waals surface area contributed by atoms with Gasteiger partial charge in [-0.3, -0.25) is 4.79 Å². The van der Waals surface area contributed by atoms with Gasteiger partial charge in [0.05, 0.1) is 11.5 Å². The second-order valence-electron chi connectivity index (χ2n) is 7.37. The Morgan fingerprint density at radius 2 is 1.39 bits per heavy atom. The highest BCUT2D eigenvalue weighted by atomic mass is 32.2. The average molecular weight is 469 g/mol. The summed E-state index contributed by atoms with van der Waals surface area (Å²) in [6.45, 7) is 1.23. The van der Waals surface area contributed by atoms with Crippen LogP contribution in [0.3, 0.4) is 0 Å². The van der Waals surface area contributed by atoms with Crippen molar-refractivity contribution < 1.29 is 22.7 Å². The van der Waals surface area contributed by atoms with Gasteiger partial charge in [-0.15, -0.1) is 0 Å². The van der Waals surface area contributed by atoms with E-state index < -0.39 is 10.0 Å². The Balaban J connectivity index is 1.63. The lowest BCUT2D eigenvalue weighted by atomic mass is 10.1. The highest BCUT2D eigenvalue weighted by Crippen LogP contribution is 2.17. The van der Waals surface area contributed by atoms with Crippen molar-refractivity contribution in [1.29, 1.82) is 0 Å². The zero-order valence-electron chi connectivity index (χ0n) is 18.5. The van der Waals surface area contributed by atoms with Gasteiger partial charge < -0.3 is 14.4 Å². The van der Waals surface area contributed by atoms with Crippen molar-refractivity contribution >= 4 is 15.9 Å². The Hall–Kier alpha value is -3.20. The molecule has 0 spiro atoms. The first-order valence-electron chi connectivity index (χ1n) is 10.5. The molecular formula is C25H28N2O5S. The lowest BCUT2D eigenvalue weighted by Gasteiger charge is -2.23. The molecule has 33 heavy (non-hydrogen) atoms. The average Bonchev–Trinajstić information content (AvgIpc) is 2.84. The van der Waals surface area contributed by atoms with Crippen LogP contribution in [0.2, 0.25) is 0 Å². The zero-order valence-corrected chi connectivity index (χ0v) is 19.3. The summed E-state index contributed by atoms with van der Waals surface area (Å²) < 4.78 is 37.5. The fourth-order valence-electron chi connectivity index (χ4n) is 3.15. The number of hydrogen-bond acceptors (Lipinski definition) is 5. The molecule has 3 aromatic rings. The molecule has 174 valence electrons. The number of carbonyl (C=O) groups excluding carboxylic acids is 1. The minimum absolute atomic E-state index is 0.118. The van der Waals surface area contributed by atoms with Gasteiger partial charge in [0.15, 0.2) is 6.61 Å². The largest absolute Gasteiger partial charge is 0.484 e. The van der Waals surface area contributed by atoms with Crippen LogP contribution in [-0.4, -0.2) is 46.1 Å². The lowest BCUT2D eigenvalue weighted by molar-refractivity contribution is -0.134. The van der Waals surface area contributed by atoms with Crippen LogP contribution >= 0.6 is 0 Å². The molecule has 7 nitrogen and oxygen atoms in total. The van der Waals surface area contributed by atoms with Crippen LogP contribution in [0.15, 0.2) is 89.8 Å². The van der Waals surface area contributed by atoms with E-state index in [1.165, 1.54) is 31.4 Å². The highest BCUT2D eigenvalue weighted by molar-refractivity contribution is 7.89. The molecule has 0 saturated carbocycles. The van der Waals surface area contributed by atoms with Crippen molar-refractivity contribution in [1.82, 2.24) is 9.62 Å². The van der Waals surface area contributed by atoms with E-state index in [9.17, 15) is 13.2 Å². The molecule has 0 atom stereocenters. The van der Waals surface area contributed by atoms with Crippen LogP contribution in [-0.2, 0) is 32.6 Å². The molecule has 0 aliphatic carbocycles. The first-order chi connectivity index (χ1) is 16.0. The smallest absolute Gasteiger partial charge is 0.261 e. The van der Waals surface area contributed by atoms with Crippen LogP contribution in [0, 0.1) is 0 Å². The van der Waals surface area contributed by atoms with Crippen molar-refractivity contribution in [3.63, 3.8) is 0 Å². The molecule has 0 aliphatic heterocycles. The summed E-state index contributed by atoms with van der Waals surface area (Å²) in [5.74, 6) is 0.249. The van der Waals surface area contributed by atoms with Gasteiger partial charge >= 0.3 is 0 Å². The number of sulfonamides is 1. The van der Waals surface area contributed by atoms with Crippen LogP contribution in [0.5, 0.6) is 5.75 Å². The normalized spacial score (nSPS) is 11.2. The van der Waals surface area contributed by atoms with Crippen molar-refractivity contribution in [2.75, 3.05) is 26.9 Å². The van der Waals surface area contributed by atoms with Crippen LogP contribution < -0.4 is 9.46 Å². The lowest BCUT2D eigenvalue weighted by Crippen LogP contribution is -2.34. The number of amides is 1. The second kappa shape index (κ2) is 12.2. The first kappa shape index (κ1) is 24.4. The quantitative estimate of drug-likeness (QED) is 0.413. The van der Waals surface area contributed by atoms with E-state index in [0.29, 0.717) is 18.8 Å². The van der Waals surface area contributed by atoms with Gasteiger partial charge in [0.1, 0.15) is 5.75 Å². The van der Waals surface area contributed by atoms with Crippen molar-refractivity contribution in [2.45, 2.75) is 18.0 Å². The SMILES string of the molecule is COCCNS(=O)(=O)c1ccc(OCC(=O)N(Cc2ccccc2)Cc2ccccc2)cc1. The molecule has 0 unspecified atom stereocenters. The molecule has 0 fully saturated rings. The van der Waals surface area contributed by atoms with Crippen LogP contribution in [0.1, 0.15) is 11.1 Å². The fourth-order valence-corrected chi connectivity index (χ4v) is 4.17. The van der Waals surface area contributed by atoms with E-state index in [1.807, 2.05) is 60.7 Å². The summed E-state index contributed by atoms with van der Waals surface area (Å²) in [5, 5.41) is 0. The fraction of sp³-hybridized carbons (Fsp3) is 0.240. The number of methoxy groups -OCH3 is 1. The number of nitrogens with one attached hydrogen (secondary N) is 1. The first-order valence-corrected chi connectivity index (χ1v) is 12.0. The van der Waals surface area contributed by atoms with Crippen molar-refractivity contribution in [2.24, 2.45) is 0 Å². The number of hydrogen-bond donors (Lipinski definition) is 1. The monoisotopic (exact) mass is 468 g/mol. The minimum atomic E-state index is -3.62. The van der Waals surface area contributed by atoms with E-state index in [-0.39, 0.29) is 30.6 Å². The van der Waals surface area contributed by atoms with Gasteiger partial charge in [0.2, 0.25) is 10.0 Å².